The molecule has 7 heteroatoms. The fraction of sp³-hybridized carbons (Fsp3) is 0. The molecule has 0 aliphatic rings. The first kappa shape index (κ1) is 49.0. The quantitative estimate of drug-likeness (QED) is 0.144. The molecule has 0 spiro atoms. The molecule has 7 nitrogen and oxygen atoms in total. The first-order chi connectivity index (χ1) is 42.1. The number of nitriles is 2. The first-order valence-electron chi connectivity index (χ1n) is 28.4. The van der Waals surface area contributed by atoms with E-state index in [1.165, 1.54) is 21.5 Å². The molecule has 394 valence electrons. The minimum atomic E-state index is 0.445. The lowest BCUT2D eigenvalue weighted by molar-refractivity contribution is 1.16. The number of rotatable bonds is 9. The van der Waals surface area contributed by atoms with Gasteiger partial charge in [-0.3, -0.25) is 0 Å². The number of para-hydroxylation sites is 5. The van der Waals surface area contributed by atoms with Crippen LogP contribution in [-0.4, -0.2) is 23.7 Å². The molecule has 0 saturated heterocycles. The van der Waals surface area contributed by atoms with E-state index in [1.807, 2.05) is 30.3 Å². The molecule has 4 heterocycles. The van der Waals surface area contributed by atoms with Crippen LogP contribution in [0.4, 0.5) is 0 Å². The summed E-state index contributed by atoms with van der Waals surface area (Å²) >= 11 is 0. The summed E-state index contributed by atoms with van der Waals surface area (Å²) in [7, 11) is 0. The van der Waals surface area contributed by atoms with E-state index in [9.17, 15) is 10.5 Å². The maximum Gasteiger partial charge on any atom is 0.160 e. The Bertz CT molecular complexity index is 5110. The van der Waals surface area contributed by atoms with E-state index in [-0.39, 0.29) is 0 Å². The Balaban J connectivity index is 1.04. The summed E-state index contributed by atoms with van der Waals surface area (Å²) in [5.74, 6) is 0.630. The lowest BCUT2D eigenvalue weighted by Gasteiger charge is -2.22. The highest BCUT2D eigenvalue weighted by molar-refractivity contribution is 6.13. The van der Waals surface area contributed by atoms with E-state index in [2.05, 4.69) is 268 Å². The second-order valence-electron chi connectivity index (χ2n) is 21.5. The van der Waals surface area contributed by atoms with Gasteiger partial charge in [0.15, 0.2) is 5.82 Å². The van der Waals surface area contributed by atoms with Crippen LogP contribution in [0.25, 0.3) is 150 Å². The largest absolute Gasteiger partial charge is 0.309 e. The molecular weight excluding hydrogens is 1030 g/mol. The van der Waals surface area contributed by atoms with Gasteiger partial charge >= 0.3 is 0 Å². The molecule has 16 rings (SSSR count). The van der Waals surface area contributed by atoms with Gasteiger partial charge in [0.2, 0.25) is 0 Å². The zero-order valence-corrected chi connectivity index (χ0v) is 45.8. The maximum absolute atomic E-state index is 10.5. The summed E-state index contributed by atoms with van der Waals surface area (Å²) in [5.41, 5.74) is 20.5. The molecule has 0 unspecified atom stereocenters. The van der Waals surface area contributed by atoms with Crippen molar-refractivity contribution >= 4 is 65.4 Å². The third-order valence-electron chi connectivity index (χ3n) is 16.7. The molecule has 0 aliphatic heterocycles. The van der Waals surface area contributed by atoms with Crippen molar-refractivity contribution in [2.45, 2.75) is 0 Å². The van der Waals surface area contributed by atoms with Crippen molar-refractivity contribution in [2.24, 2.45) is 0 Å². The number of nitrogens with zero attached hydrogens (tertiary/aromatic N) is 7. The lowest BCUT2D eigenvalue weighted by Crippen LogP contribution is -2.04. The van der Waals surface area contributed by atoms with Crippen molar-refractivity contribution in [1.82, 2.24) is 23.7 Å². The average molecular weight is 1080 g/mol. The van der Waals surface area contributed by atoms with Crippen molar-refractivity contribution in [3.63, 3.8) is 0 Å². The Morgan fingerprint density at radius 3 is 1.20 bits per heavy atom. The van der Waals surface area contributed by atoms with Gasteiger partial charge in [0.1, 0.15) is 0 Å². The summed E-state index contributed by atoms with van der Waals surface area (Å²) in [4.78, 5) is 10.8. The fourth-order valence-electron chi connectivity index (χ4n) is 12.9. The molecule has 0 aliphatic carbocycles. The van der Waals surface area contributed by atoms with Gasteiger partial charge in [-0.25, -0.2) is 9.97 Å². The van der Waals surface area contributed by atoms with Crippen molar-refractivity contribution < 1.29 is 0 Å². The Kier molecular flexibility index (Phi) is 11.5. The Morgan fingerprint density at radius 1 is 0.271 bits per heavy atom. The summed E-state index contributed by atoms with van der Waals surface area (Å²) in [6.45, 7) is 0. The van der Waals surface area contributed by atoms with Gasteiger partial charge in [-0.2, -0.15) is 10.5 Å². The topological polar surface area (TPSA) is 88.2 Å². The van der Waals surface area contributed by atoms with Crippen LogP contribution >= 0.6 is 0 Å². The molecule has 12 aromatic carbocycles. The van der Waals surface area contributed by atoms with E-state index in [0.29, 0.717) is 17.0 Å². The molecule has 0 amide bonds. The molecule has 4 aromatic heterocycles. The third kappa shape index (κ3) is 8.10. The van der Waals surface area contributed by atoms with E-state index >= 15 is 0 Å². The van der Waals surface area contributed by atoms with Crippen LogP contribution in [-0.2, 0) is 0 Å². The van der Waals surface area contributed by atoms with Crippen LogP contribution in [0.1, 0.15) is 11.1 Å². The zero-order valence-electron chi connectivity index (χ0n) is 45.8. The van der Waals surface area contributed by atoms with Crippen molar-refractivity contribution in [3.8, 4) is 96.5 Å². The molecule has 0 saturated carbocycles. The molecule has 0 N–H and O–H groups in total. The molecule has 0 radical (unpaired) electrons. The number of hydrogen-bond acceptors (Lipinski definition) is 4. The molecule has 16 aromatic rings. The molecular formula is C78H47N7. The molecule has 0 fully saturated rings. The number of benzene rings is 12. The van der Waals surface area contributed by atoms with Crippen LogP contribution < -0.4 is 0 Å². The lowest BCUT2D eigenvalue weighted by atomic mass is 9.91. The minimum absolute atomic E-state index is 0.445. The second kappa shape index (κ2) is 20.0. The van der Waals surface area contributed by atoms with Gasteiger partial charge in [-0.1, -0.05) is 188 Å². The van der Waals surface area contributed by atoms with E-state index in [4.69, 9.17) is 9.97 Å². The predicted molar refractivity (Wildman–Crippen MR) is 347 cm³/mol. The van der Waals surface area contributed by atoms with E-state index in [0.717, 1.165) is 122 Å². The van der Waals surface area contributed by atoms with Crippen molar-refractivity contribution in [3.05, 3.63) is 296 Å². The fourth-order valence-corrected chi connectivity index (χ4v) is 12.9. The highest BCUT2D eigenvalue weighted by atomic mass is 15.0. The zero-order chi connectivity index (χ0) is 56.5. The average Bonchev–Trinajstić information content (AvgIpc) is 3.64. The number of fused-ring (bicyclic) bond motifs is 9. The van der Waals surface area contributed by atoms with E-state index in [1.54, 1.807) is 12.1 Å². The monoisotopic (exact) mass is 1080 g/mol. The van der Waals surface area contributed by atoms with Crippen LogP contribution in [0.15, 0.2) is 285 Å². The van der Waals surface area contributed by atoms with Gasteiger partial charge in [-0.05, 0) is 119 Å². The van der Waals surface area contributed by atoms with Crippen LogP contribution in [0.2, 0.25) is 0 Å². The summed E-state index contributed by atoms with van der Waals surface area (Å²) in [5, 5.41) is 27.1. The Labute approximate surface area is 489 Å². The van der Waals surface area contributed by atoms with Gasteiger partial charge in [0, 0.05) is 71.5 Å². The number of aromatic nitrogens is 5. The Hall–Kier alpha value is -11.9. The van der Waals surface area contributed by atoms with Crippen LogP contribution in [0.5, 0.6) is 0 Å². The van der Waals surface area contributed by atoms with Crippen molar-refractivity contribution in [1.29, 1.82) is 10.5 Å². The van der Waals surface area contributed by atoms with Gasteiger partial charge in [0.25, 0.3) is 0 Å². The normalized spacial score (nSPS) is 11.5. The molecule has 0 bridgehead atoms. The molecule has 0 atom stereocenters. The molecule has 85 heavy (non-hydrogen) atoms. The highest BCUT2D eigenvalue weighted by Gasteiger charge is 2.25. The standard InChI is InChI=1S/C78H47N7/c79-48-50-37-39-60(57(41-50)49-80)55-38-40-76-68(44-55)65-31-11-16-36-75(65)85(76)77-66(53-23-17-25-58(42-53)83-71-32-12-7-27-61(71)62-28-8-13-33-72(62)83)45-56(70-47-69(51-19-3-1-4-20-51)81-78(82-70)52-21-5-2-6-22-52)46-67(77)54-24-18-26-59(43-54)84-73-34-14-9-29-63(73)64-30-10-15-35-74(64)84/h1-47H. The maximum atomic E-state index is 10.5. The van der Waals surface area contributed by atoms with Gasteiger partial charge in [-0.15, -0.1) is 0 Å². The third-order valence-corrected chi connectivity index (χ3v) is 16.7. The summed E-state index contributed by atoms with van der Waals surface area (Å²) < 4.78 is 7.21. The predicted octanol–water partition coefficient (Wildman–Crippen LogP) is 19.5. The Morgan fingerprint density at radius 2 is 0.694 bits per heavy atom. The first-order valence-corrected chi connectivity index (χ1v) is 28.4. The smallest absolute Gasteiger partial charge is 0.160 e. The van der Waals surface area contributed by atoms with Gasteiger partial charge < -0.3 is 13.7 Å². The van der Waals surface area contributed by atoms with Crippen LogP contribution in [0, 0.1) is 22.7 Å². The summed E-state index contributed by atoms with van der Waals surface area (Å²) in [6.07, 6.45) is 0. The summed E-state index contributed by atoms with van der Waals surface area (Å²) in [6, 6.07) is 105. The van der Waals surface area contributed by atoms with Crippen LogP contribution in [0.3, 0.4) is 0 Å². The SMILES string of the molecule is N#Cc1ccc(-c2ccc3c(c2)c2ccccc2n3-c2c(-c3cccc(-n4c5ccccc5c5ccccc54)c3)cc(-c3cc(-c4ccccc4)nc(-c4ccccc4)n3)cc2-c2cccc(-n3c4ccccc4c4ccccc43)c2)c(C#N)c1. The second-order valence-corrected chi connectivity index (χ2v) is 21.5. The van der Waals surface area contributed by atoms with Crippen molar-refractivity contribution in [2.75, 3.05) is 0 Å². The van der Waals surface area contributed by atoms with E-state index < -0.39 is 0 Å². The van der Waals surface area contributed by atoms with Gasteiger partial charge in [0.05, 0.1) is 73.4 Å². The number of hydrogen-bond donors (Lipinski definition) is 0. The minimum Gasteiger partial charge on any atom is -0.309 e. The highest BCUT2D eigenvalue weighted by Crippen LogP contribution is 2.47.